The average molecular weight is 416 g/mol. The third kappa shape index (κ3) is 5.99. The van der Waals surface area contributed by atoms with Crippen LogP contribution in [0.15, 0.2) is 47.6 Å². The number of nitrogens with zero attached hydrogens (tertiary/aromatic N) is 1. The van der Waals surface area contributed by atoms with Crippen LogP contribution in [-0.2, 0) is 9.53 Å². The number of alkyl halides is 3. The Kier molecular flexibility index (Phi) is 6.86. The number of nitrogens with one attached hydrogen (secondary N) is 1. The predicted molar refractivity (Wildman–Crippen MR) is 91.5 cm³/mol. The second-order valence-corrected chi connectivity index (χ2v) is 5.29. The van der Waals surface area contributed by atoms with Gasteiger partial charge in [-0.2, -0.15) is 5.10 Å². The van der Waals surface area contributed by atoms with Gasteiger partial charge in [-0.3, -0.25) is 10.2 Å². The Morgan fingerprint density at radius 2 is 1.62 bits per heavy atom. The number of hydrogen-bond donors (Lipinski definition) is 1. The van der Waals surface area contributed by atoms with Gasteiger partial charge in [-0.05, 0) is 43.3 Å². The molecule has 0 heterocycles. The minimum atomic E-state index is -4.87. The SMILES string of the molecule is CCOC(=O)/C(=N/Nc1ccc(OC(F)(F)F)cc1)C(=O)c1c(F)cccc1F. The first-order valence-electron chi connectivity index (χ1n) is 7.97. The molecule has 0 aliphatic rings. The number of ether oxygens (including phenoxy) is 2. The van der Waals surface area contributed by atoms with Crippen molar-refractivity contribution in [2.24, 2.45) is 5.10 Å². The molecule has 2 rings (SSSR count). The third-order valence-electron chi connectivity index (χ3n) is 3.26. The van der Waals surface area contributed by atoms with E-state index in [4.69, 9.17) is 0 Å². The van der Waals surface area contributed by atoms with Gasteiger partial charge in [0.25, 0.3) is 0 Å². The second kappa shape index (κ2) is 9.13. The monoisotopic (exact) mass is 416 g/mol. The van der Waals surface area contributed by atoms with Crippen molar-refractivity contribution in [3.63, 3.8) is 0 Å². The van der Waals surface area contributed by atoms with E-state index in [9.17, 15) is 31.5 Å². The van der Waals surface area contributed by atoms with Crippen LogP contribution in [0.5, 0.6) is 5.75 Å². The van der Waals surface area contributed by atoms with Crippen LogP contribution in [0, 0.1) is 11.6 Å². The molecule has 0 bridgehead atoms. The van der Waals surface area contributed by atoms with E-state index in [1.54, 1.807) is 0 Å². The maximum atomic E-state index is 13.9. The lowest BCUT2D eigenvalue weighted by atomic mass is 10.1. The number of anilines is 1. The van der Waals surface area contributed by atoms with E-state index in [0.29, 0.717) is 0 Å². The normalized spacial score (nSPS) is 11.7. The smallest absolute Gasteiger partial charge is 0.461 e. The molecule has 1 N–H and O–H groups in total. The van der Waals surface area contributed by atoms with Crippen molar-refractivity contribution in [1.82, 2.24) is 0 Å². The largest absolute Gasteiger partial charge is 0.573 e. The Labute approximate surface area is 160 Å². The van der Waals surface area contributed by atoms with Crippen LogP contribution in [-0.4, -0.2) is 30.4 Å². The van der Waals surface area contributed by atoms with Crippen molar-refractivity contribution < 1.29 is 41.0 Å². The lowest BCUT2D eigenvalue weighted by molar-refractivity contribution is -0.274. The highest BCUT2D eigenvalue weighted by Crippen LogP contribution is 2.24. The van der Waals surface area contributed by atoms with Gasteiger partial charge in [0.1, 0.15) is 17.4 Å². The van der Waals surface area contributed by atoms with Gasteiger partial charge < -0.3 is 9.47 Å². The van der Waals surface area contributed by atoms with Crippen LogP contribution in [0.4, 0.5) is 27.6 Å². The molecule has 0 aliphatic carbocycles. The number of halogens is 5. The molecule has 2 aromatic rings. The van der Waals surface area contributed by atoms with Gasteiger partial charge in [0.05, 0.1) is 17.9 Å². The van der Waals surface area contributed by atoms with Gasteiger partial charge in [0.2, 0.25) is 11.5 Å². The van der Waals surface area contributed by atoms with E-state index in [1.807, 2.05) is 0 Å². The highest BCUT2D eigenvalue weighted by Gasteiger charge is 2.31. The first-order chi connectivity index (χ1) is 13.6. The number of ketones is 1. The van der Waals surface area contributed by atoms with Crippen molar-refractivity contribution in [1.29, 1.82) is 0 Å². The summed E-state index contributed by atoms with van der Waals surface area (Å²) in [5, 5.41) is 3.52. The second-order valence-electron chi connectivity index (χ2n) is 5.29. The van der Waals surface area contributed by atoms with Gasteiger partial charge >= 0.3 is 12.3 Å². The molecule has 0 radical (unpaired) electrons. The fourth-order valence-electron chi connectivity index (χ4n) is 2.07. The molecular weight excluding hydrogens is 403 g/mol. The summed E-state index contributed by atoms with van der Waals surface area (Å²) in [4.78, 5) is 24.4. The molecule has 0 aliphatic heterocycles. The van der Waals surface area contributed by atoms with Gasteiger partial charge in [-0.1, -0.05) is 6.07 Å². The van der Waals surface area contributed by atoms with Crippen LogP contribution in [0.1, 0.15) is 17.3 Å². The number of hydrogen-bond acceptors (Lipinski definition) is 6. The minimum Gasteiger partial charge on any atom is -0.461 e. The summed E-state index contributed by atoms with van der Waals surface area (Å²) in [5.41, 5.74) is 0.350. The highest BCUT2D eigenvalue weighted by molar-refractivity contribution is 6.67. The maximum Gasteiger partial charge on any atom is 0.573 e. The van der Waals surface area contributed by atoms with Crippen LogP contribution in [0.3, 0.4) is 0 Å². The zero-order valence-corrected chi connectivity index (χ0v) is 14.7. The van der Waals surface area contributed by atoms with E-state index < -0.39 is 46.8 Å². The zero-order valence-electron chi connectivity index (χ0n) is 14.7. The number of benzene rings is 2. The standard InChI is InChI=1S/C18H13F5N2O4/c1-2-28-17(27)15(16(26)14-12(19)4-3-5-13(14)20)25-24-10-6-8-11(9-7-10)29-18(21,22)23/h3-9,24H,2H2,1H3/b25-15+. The molecule has 154 valence electrons. The van der Waals surface area contributed by atoms with Gasteiger partial charge in [0, 0.05) is 0 Å². The van der Waals surface area contributed by atoms with Crippen LogP contribution in [0.2, 0.25) is 0 Å². The molecule has 6 nitrogen and oxygen atoms in total. The fraction of sp³-hybridized carbons (Fsp3) is 0.167. The molecule has 0 saturated carbocycles. The Hall–Kier alpha value is -3.50. The number of carbonyl (C=O) groups excluding carboxylic acids is 2. The Morgan fingerprint density at radius 3 is 2.14 bits per heavy atom. The van der Waals surface area contributed by atoms with Gasteiger partial charge in [-0.15, -0.1) is 13.2 Å². The molecule has 11 heteroatoms. The average Bonchev–Trinajstić information content (AvgIpc) is 2.62. The Morgan fingerprint density at radius 1 is 1.03 bits per heavy atom. The highest BCUT2D eigenvalue weighted by atomic mass is 19.4. The first-order valence-corrected chi connectivity index (χ1v) is 7.97. The molecule has 0 atom stereocenters. The van der Waals surface area contributed by atoms with E-state index in [1.165, 1.54) is 6.92 Å². The summed E-state index contributed by atoms with van der Waals surface area (Å²) in [6, 6.07) is 6.81. The Bertz CT molecular complexity index is 907. The summed E-state index contributed by atoms with van der Waals surface area (Å²) in [6.07, 6.45) is -4.87. The van der Waals surface area contributed by atoms with E-state index >= 15 is 0 Å². The molecule has 2 aromatic carbocycles. The van der Waals surface area contributed by atoms with Gasteiger partial charge in [-0.25, -0.2) is 13.6 Å². The van der Waals surface area contributed by atoms with Crippen molar-refractivity contribution in [3.05, 3.63) is 59.7 Å². The summed E-state index contributed by atoms with van der Waals surface area (Å²) >= 11 is 0. The minimum absolute atomic E-state index is 0.0585. The summed E-state index contributed by atoms with van der Waals surface area (Å²) in [6.45, 7) is 1.30. The van der Waals surface area contributed by atoms with Crippen molar-refractivity contribution in [3.8, 4) is 5.75 Å². The van der Waals surface area contributed by atoms with Crippen LogP contribution < -0.4 is 10.2 Å². The first kappa shape index (κ1) is 21.8. The summed E-state index contributed by atoms with van der Waals surface area (Å²) in [7, 11) is 0. The predicted octanol–water partition coefficient (Wildman–Crippen LogP) is 4.08. The van der Waals surface area contributed by atoms with E-state index in [0.717, 1.165) is 42.5 Å². The maximum absolute atomic E-state index is 13.9. The number of Topliss-reactive ketones (excluding diaryl/α,β-unsaturated/α-hetero) is 1. The third-order valence-corrected chi connectivity index (χ3v) is 3.26. The lowest BCUT2D eigenvalue weighted by Crippen LogP contribution is -2.29. The molecule has 0 saturated heterocycles. The molecule has 0 unspecified atom stereocenters. The fourth-order valence-corrected chi connectivity index (χ4v) is 2.07. The van der Waals surface area contributed by atoms with Crippen molar-refractivity contribution >= 4 is 23.2 Å². The molecular formula is C18H13F5N2O4. The molecule has 0 aromatic heterocycles. The molecule has 0 fully saturated rings. The van der Waals surface area contributed by atoms with Crippen LogP contribution >= 0.6 is 0 Å². The summed E-state index contributed by atoms with van der Waals surface area (Å²) < 4.78 is 72.6. The quantitative estimate of drug-likeness (QED) is 0.184. The lowest BCUT2D eigenvalue weighted by Gasteiger charge is -2.10. The molecule has 29 heavy (non-hydrogen) atoms. The van der Waals surface area contributed by atoms with Gasteiger partial charge in [0.15, 0.2) is 0 Å². The number of hydrazone groups is 1. The van der Waals surface area contributed by atoms with E-state index in [-0.39, 0.29) is 12.3 Å². The summed E-state index contributed by atoms with van der Waals surface area (Å²) in [5.74, 6) is -5.54. The molecule has 0 spiro atoms. The number of carbonyl (C=O) groups is 2. The van der Waals surface area contributed by atoms with Crippen molar-refractivity contribution in [2.45, 2.75) is 13.3 Å². The van der Waals surface area contributed by atoms with Crippen molar-refractivity contribution in [2.75, 3.05) is 12.0 Å². The van der Waals surface area contributed by atoms with Crippen LogP contribution in [0.25, 0.3) is 0 Å². The number of esters is 1. The number of rotatable bonds is 7. The topological polar surface area (TPSA) is 77.0 Å². The Balaban J connectivity index is 2.29. The zero-order chi connectivity index (χ0) is 21.6. The van der Waals surface area contributed by atoms with E-state index in [2.05, 4.69) is 20.0 Å². The molecule has 0 amide bonds.